The Morgan fingerprint density at radius 3 is 2.35 bits per heavy atom. The average Bonchev–Trinajstić information content (AvgIpc) is 3.56. The number of H-pyrrole nitrogens is 1. The van der Waals surface area contributed by atoms with Crippen molar-refractivity contribution in [3.8, 4) is 17.2 Å². The minimum atomic E-state index is -0.165. The van der Waals surface area contributed by atoms with E-state index in [4.69, 9.17) is 14.2 Å². The summed E-state index contributed by atoms with van der Waals surface area (Å²) >= 11 is 0. The van der Waals surface area contributed by atoms with Crippen LogP contribution in [0.25, 0.3) is 0 Å². The van der Waals surface area contributed by atoms with Gasteiger partial charge in [-0.05, 0) is 92.7 Å². The van der Waals surface area contributed by atoms with Gasteiger partial charge in [-0.2, -0.15) is 0 Å². The average molecular weight is 583 g/mol. The molecule has 3 aromatic rings. The molecular formula is C34H38N4O5. The molecule has 1 aromatic heterocycles. The zero-order chi connectivity index (χ0) is 29.6. The van der Waals surface area contributed by atoms with Crippen LogP contribution in [-0.2, 0) is 18.3 Å². The number of likely N-dealkylation sites (tertiary alicyclic amines) is 1. The van der Waals surface area contributed by atoms with Crippen LogP contribution in [-0.4, -0.2) is 91.5 Å². The second-order valence-corrected chi connectivity index (χ2v) is 12.8. The van der Waals surface area contributed by atoms with E-state index in [1.165, 1.54) is 16.7 Å². The van der Waals surface area contributed by atoms with Gasteiger partial charge in [0.15, 0.2) is 11.5 Å². The van der Waals surface area contributed by atoms with Crippen molar-refractivity contribution in [2.45, 2.75) is 43.7 Å². The molecule has 2 aromatic carbocycles. The first-order chi connectivity index (χ1) is 20.8. The number of piperazine rings is 1. The number of aromatic nitrogens is 1. The summed E-state index contributed by atoms with van der Waals surface area (Å²) < 4.78 is 17.9. The van der Waals surface area contributed by atoms with Crippen LogP contribution in [0.2, 0.25) is 0 Å². The van der Waals surface area contributed by atoms with Crippen molar-refractivity contribution < 1.29 is 23.8 Å². The third kappa shape index (κ3) is 3.60. The predicted octanol–water partition coefficient (Wildman–Crippen LogP) is 3.74. The number of amides is 2. The van der Waals surface area contributed by atoms with Crippen LogP contribution < -0.4 is 14.2 Å². The standard InChI is InChI=1S/C34H38N4O5/c1-19-23-18-24-25-17-21-7-10-26(42-4)30-27(21)34(24,11-12-36(25)2)31(43-30)29(23)35-28(19)33(40)38-15-13-37(14-16-38)32(39)20-5-8-22(41-3)9-6-20/h5-10,24-25,31,35H,11-18H2,1-4H3/t24?,25-,31+,34+/m1/s1. The molecule has 2 saturated heterocycles. The second kappa shape index (κ2) is 9.51. The molecule has 9 nitrogen and oxygen atoms in total. The molecule has 1 spiro atoms. The number of carbonyl (C=O) groups excluding carboxylic acids is 2. The van der Waals surface area contributed by atoms with Gasteiger partial charge in [-0.1, -0.05) is 6.07 Å². The number of rotatable bonds is 4. The van der Waals surface area contributed by atoms with Gasteiger partial charge in [0.2, 0.25) is 0 Å². The molecular weight excluding hydrogens is 544 g/mol. The van der Waals surface area contributed by atoms with E-state index in [2.05, 4.69) is 29.9 Å². The van der Waals surface area contributed by atoms with Crippen molar-refractivity contribution in [1.29, 1.82) is 0 Å². The molecule has 0 radical (unpaired) electrons. The number of nitrogens with zero attached hydrogens (tertiary/aromatic N) is 3. The molecule has 4 atom stereocenters. The molecule has 9 heteroatoms. The highest BCUT2D eigenvalue weighted by Gasteiger charge is 2.65. The van der Waals surface area contributed by atoms with E-state index < -0.39 is 0 Å². The number of nitrogens with one attached hydrogen (secondary N) is 1. The van der Waals surface area contributed by atoms with Gasteiger partial charge in [0.05, 0.1) is 19.9 Å². The Morgan fingerprint density at radius 2 is 1.65 bits per heavy atom. The fraction of sp³-hybridized carbons (Fsp3) is 0.471. The largest absolute Gasteiger partial charge is 0.497 e. The monoisotopic (exact) mass is 582 g/mol. The van der Waals surface area contributed by atoms with Crippen LogP contribution in [0.3, 0.4) is 0 Å². The van der Waals surface area contributed by atoms with Gasteiger partial charge in [-0.25, -0.2) is 0 Å². The van der Waals surface area contributed by atoms with Crippen molar-refractivity contribution in [3.63, 3.8) is 0 Å². The number of piperidine rings is 1. The number of likely N-dealkylation sites (N-methyl/N-ethyl adjacent to an activating group) is 1. The van der Waals surface area contributed by atoms with Gasteiger partial charge in [-0.15, -0.1) is 0 Å². The Balaban J connectivity index is 1.08. The highest BCUT2D eigenvalue weighted by atomic mass is 16.5. The number of hydrogen-bond acceptors (Lipinski definition) is 6. The fourth-order valence-electron chi connectivity index (χ4n) is 8.84. The van der Waals surface area contributed by atoms with Gasteiger partial charge in [-0.3, -0.25) is 9.59 Å². The van der Waals surface area contributed by atoms with Gasteiger partial charge in [0.1, 0.15) is 17.5 Å². The number of ether oxygens (including phenoxy) is 3. The minimum absolute atomic E-state index is 0.00205. The lowest BCUT2D eigenvalue weighted by Gasteiger charge is -2.57. The van der Waals surface area contributed by atoms with E-state index in [1.54, 1.807) is 38.5 Å². The van der Waals surface area contributed by atoms with Crippen LogP contribution in [0.1, 0.15) is 61.3 Å². The summed E-state index contributed by atoms with van der Waals surface area (Å²) in [6, 6.07) is 11.9. The maximum Gasteiger partial charge on any atom is 0.270 e. The van der Waals surface area contributed by atoms with Gasteiger partial charge in [0.25, 0.3) is 11.8 Å². The summed E-state index contributed by atoms with van der Waals surface area (Å²) in [5, 5.41) is 0. The number of carbonyl (C=O) groups is 2. The van der Waals surface area contributed by atoms with E-state index in [9.17, 15) is 9.59 Å². The zero-order valence-corrected chi connectivity index (χ0v) is 25.2. The SMILES string of the molecule is COc1ccc(C(=O)N2CCN(C(=O)c3[nH]c4c(c3C)CC3[C@H]5Cc6ccc(OC)c7c6[C@@]3(CCN5C)[C@H]4O7)CC2)cc1. The van der Waals surface area contributed by atoms with Gasteiger partial charge in [0, 0.05) is 48.8 Å². The number of benzene rings is 2. The Hall–Kier alpha value is -3.98. The number of fused-ring (bicyclic) bond motifs is 2. The number of aromatic amines is 1. The van der Waals surface area contributed by atoms with Gasteiger partial charge < -0.3 is 33.9 Å². The quantitative estimate of drug-likeness (QED) is 0.505. The van der Waals surface area contributed by atoms with Crippen LogP contribution in [0.5, 0.6) is 17.2 Å². The van der Waals surface area contributed by atoms with Crippen molar-refractivity contribution in [3.05, 3.63) is 75.6 Å². The Kier molecular flexibility index (Phi) is 5.89. The second-order valence-electron chi connectivity index (χ2n) is 12.8. The van der Waals surface area contributed by atoms with E-state index in [1.807, 2.05) is 15.9 Å². The van der Waals surface area contributed by atoms with Crippen molar-refractivity contribution in [2.24, 2.45) is 5.92 Å². The van der Waals surface area contributed by atoms with Crippen molar-refractivity contribution in [1.82, 2.24) is 19.7 Å². The molecule has 8 rings (SSSR count). The summed E-state index contributed by atoms with van der Waals surface area (Å²) in [7, 11) is 5.58. The third-order valence-electron chi connectivity index (χ3n) is 11.1. The molecule has 2 fully saturated rings. The summed E-state index contributed by atoms with van der Waals surface area (Å²) in [5.41, 5.74) is 7.20. The molecule has 5 aliphatic rings. The molecule has 4 heterocycles. The maximum atomic E-state index is 14.0. The summed E-state index contributed by atoms with van der Waals surface area (Å²) in [4.78, 5) is 37.0. The Labute approximate surface area is 251 Å². The first-order valence-corrected chi connectivity index (χ1v) is 15.4. The van der Waals surface area contributed by atoms with E-state index in [0.717, 1.165) is 54.3 Å². The van der Waals surface area contributed by atoms with Crippen LogP contribution >= 0.6 is 0 Å². The lowest BCUT2D eigenvalue weighted by molar-refractivity contribution is -0.0256. The van der Waals surface area contributed by atoms with Crippen LogP contribution in [0.15, 0.2) is 36.4 Å². The first kappa shape index (κ1) is 26.6. The van der Waals surface area contributed by atoms with Crippen molar-refractivity contribution in [2.75, 3.05) is 54.0 Å². The number of hydrogen-bond donors (Lipinski definition) is 1. The topological polar surface area (TPSA) is 87.3 Å². The Morgan fingerprint density at radius 1 is 0.930 bits per heavy atom. The minimum Gasteiger partial charge on any atom is -0.497 e. The normalized spacial score (nSPS) is 26.8. The van der Waals surface area contributed by atoms with E-state index in [0.29, 0.717) is 49.4 Å². The first-order valence-electron chi connectivity index (χ1n) is 15.4. The Bertz CT molecular complexity index is 1640. The molecule has 0 saturated carbocycles. The zero-order valence-electron chi connectivity index (χ0n) is 25.2. The molecule has 224 valence electrons. The number of methoxy groups -OCH3 is 2. The summed E-state index contributed by atoms with van der Waals surface area (Å²) in [6.07, 6.45) is 2.80. The molecule has 43 heavy (non-hydrogen) atoms. The molecule has 3 aliphatic heterocycles. The molecule has 2 aliphatic carbocycles. The molecule has 2 bridgehead atoms. The highest BCUT2D eigenvalue weighted by molar-refractivity contribution is 5.96. The van der Waals surface area contributed by atoms with Crippen LogP contribution in [0.4, 0.5) is 0 Å². The lowest BCUT2D eigenvalue weighted by atomic mass is 9.51. The maximum absolute atomic E-state index is 14.0. The smallest absolute Gasteiger partial charge is 0.270 e. The predicted molar refractivity (Wildman–Crippen MR) is 160 cm³/mol. The fourth-order valence-corrected chi connectivity index (χ4v) is 8.84. The van der Waals surface area contributed by atoms with E-state index in [-0.39, 0.29) is 23.3 Å². The summed E-state index contributed by atoms with van der Waals surface area (Å²) in [6.45, 7) is 5.10. The van der Waals surface area contributed by atoms with Crippen molar-refractivity contribution >= 4 is 11.8 Å². The molecule has 1 unspecified atom stereocenters. The highest BCUT2D eigenvalue weighted by Crippen LogP contribution is 2.67. The molecule has 2 amide bonds. The lowest BCUT2D eigenvalue weighted by Crippen LogP contribution is -2.62. The molecule has 1 N–H and O–H groups in total. The van der Waals surface area contributed by atoms with Crippen LogP contribution in [0, 0.1) is 12.8 Å². The third-order valence-corrected chi connectivity index (χ3v) is 11.1. The van der Waals surface area contributed by atoms with E-state index >= 15 is 0 Å². The van der Waals surface area contributed by atoms with Gasteiger partial charge >= 0.3 is 0 Å². The summed E-state index contributed by atoms with van der Waals surface area (Å²) in [5.74, 6) is 2.79.